The highest BCUT2D eigenvalue weighted by Gasteiger charge is 2.17. The van der Waals surface area contributed by atoms with Gasteiger partial charge in [-0.1, -0.05) is 29.8 Å². The Morgan fingerprint density at radius 1 is 1.21 bits per heavy atom. The number of carbonyl (C=O) groups is 2. The molecule has 2 amide bonds. The minimum atomic E-state index is -0.446. The Morgan fingerprint density at radius 3 is 2.68 bits per heavy atom. The summed E-state index contributed by atoms with van der Waals surface area (Å²) in [6.07, 6.45) is 4.71. The lowest BCUT2D eigenvalue weighted by Crippen LogP contribution is -2.32. The Kier molecular flexibility index (Phi) is 6.33. The summed E-state index contributed by atoms with van der Waals surface area (Å²) in [4.78, 5) is 32.3. The molecule has 0 fully saturated rings. The van der Waals surface area contributed by atoms with Crippen molar-refractivity contribution in [3.63, 3.8) is 0 Å². The third-order valence-electron chi connectivity index (χ3n) is 4.02. The van der Waals surface area contributed by atoms with Gasteiger partial charge < -0.3 is 10.6 Å². The Labute approximate surface area is 167 Å². The average molecular weight is 399 g/mol. The zero-order valence-electron chi connectivity index (χ0n) is 15.2. The maximum atomic E-state index is 12.5. The standard InChI is InChI=1S/C19H19ClN6O2/c1-13(27)25-17(14-4-6-16(20)7-5-14)9-18(28)23-10-15-3-2-8-22-19(15)26-12-21-11-24-26/h2-8,11-12,17H,9-10H2,1H3,(H,23,28)(H,25,27)/t17-/m0/s1. The van der Waals surface area contributed by atoms with Gasteiger partial charge in [-0.2, -0.15) is 5.10 Å². The van der Waals surface area contributed by atoms with Crippen LogP contribution in [0.1, 0.15) is 30.5 Å². The smallest absolute Gasteiger partial charge is 0.222 e. The summed E-state index contributed by atoms with van der Waals surface area (Å²) in [7, 11) is 0. The maximum absolute atomic E-state index is 12.5. The summed E-state index contributed by atoms with van der Waals surface area (Å²) in [6.45, 7) is 1.69. The molecule has 2 N–H and O–H groups in total. The van der Waals surface area contributed by atoms with Crippen molar-refractivity contribution in [2.24, 2.45) is 0 Å². The summed E-state index contributed by atoms with van der Waals surface area (Å²) < 4.78 is 1.54. The number of nitrogens with zero attached hydrogens (tertiary/aromatic N) is 4. The van der Waals surface area contributed by atoms with E-state index < -0.39 is 6.04 Å². The van der Waals surface area contributed by atoms with Crippen LogP contribution < -0.4 is 10.6 Å². The molecule has 0 aliphatic heterocycles. The molecule has 3 rings (SSSR count). The van der Waals surface area contributed by atoms with Crippen molar-refractivity contribution in [3.05, 3.63) is 71.4 Å². The number of benzene rings is 1. The third kappa shape index (κ3) is 5.14. The minimum Gasteiger partial charge on any atom is -0.352 e. The van der Waals surface area contributed by atoms with Gasteiger partial charge in [-0.25, -0.2) is 14.6 Å². The maximum Gasteiger partial charge on any atom is 0.222 e. The molecule has 0 aliphatic carbocycles. The van der Waals surface area contributed by atoms with Crippen LogP contribution in [0.4, 0.5) is 0 Å². The van der Waals surface area contributed by atoms with E-state index in [-0.39, 0.29) is 24.8 Å². The van der Waals surface area contributed by atoms with Crippen LogP contribution in [0, 0.1) is 0 Å². The summed E-state index contributed by atoms with van der Waals surface area (Å²) in [5.41, 5.74) is 1.60. The monoisotopic (exact) mass is 398 g/mol. The Hall–Kier alpha value is -3.26. The van der Waals surface area contributed by atoms with Crippen LogP contribution in [0.2, 0.25) is 5.02 Å². The van der Waals surface area contributed by atoms with Crippen LogP contribution >= 0.6 is 11.6 Å². The Balaban J connectivity index is 1.67. The lowest BCUT2D eigenvalue weighted by Gasteiger charge is -2.18. The molecule has 3 aromatic rings. The topological polar surface area (TPSA) is 102 Å². The molecule has 9 heteroatoms. The van der Waals surface area contributed by atoms with Gasteiger partial charge in [0.15, 0.2) is 5.82 Å². The first kappa shape index (κ1) is 19.5. The lowest BCUT2D eigenvalue weighted by molar-refractivity contribution is -0.122. The van der Waals surface area contributed by atoms with Gasteiger partial charge in [0.25, 0.3) is 0 Å². The van der Waals surface area contributed by atoms with Crippen LogP contribution in [0.25, 0.3) is 5.82 Å². The van der Waals surface area contributed by atoms with Crippen molar-refractivity contribution < 1.29 is 9.59 Å². The van der Waals surface area contributed by atoms with E-state index in [1.165, 1.54) is 17.9 Å². The fourth-order valence-corrected chi connectivity index (χ4v) is 2.86. The molecular formula is C19H19ClN6O2. The largest absolute Gasteiger partial charge is 0.352 e. The highest BCUT2D eigenvalue weighted by Crippen LogP contribution is 2.20. The predicted molar refractivity (Wildman–Crippen MR) is 104 cm³/mol. The van der Waals surface area contributed by atoms with E-state index in [1.54, 1.807) is 42.9 Å². The van der Waals surface area contributed by atoms with E-state index in [2.05, 4.69) is 25.7 Å². The molecule has 1 aromatic carbocycles. The van der Waals surface area contributed by atoms with Crippen molar-refractivity contribution >= 4 is 23.4 Å². The van der Waals surface area contributed by atoms with Gasteiger partial charge in [-0.3, -0.25) is 9.59 Å². The molecule has 0 saturated carbocycles. The molecule has 0 bridgehead atoms. The molecule has 1 atom stereocenters. The van der Waals surface area contributed by atoms with Gasteiger partial charge in [0.2, 0.25) is 11.8 Å². The van der Waals surface area contributed by atoms with Crippen molar-refractivity contribution in [2.45, 2.75) is 25.9 Å². The molecule has 0 spiro atoms. The zero-order chi connectivity index (χ0) is 19.9. The quantitative estimate of drug-likeness (QED) is 0.635. The SMILES string of the molecule is CC(=O)N[C@@H](CC(=O)NCc1cccnc1-n1cncn1)c1ccc(Cl)cc1. The second-order valence-corrected chi connectivity index (χ2v) is 6.55. The minimum absolute atomic E-state index is 0.0974. The number of amides is 2. The number of aromatic nitrogens is 4. The van der Waals surface area contributed by atoms with Crippen LogP contribution in [-0.2, 0) is 16.1 Å². The van der Waals surface area contributed by atoms with E-state index in [4.69, 9.17) is 11.6 Å². The van der Waals surface area contributed by atoms with Gasteiger partial charge in [0.05, 0.1) is 12.5 Å². The zero-order valence-corrected chi connectivity index (χ0v) is 15.9. The van der Waals surface area contributed by atoms with E-state index in [0.29, 0.717) is 10.8 Å². The summed E-state index contributed by atoms with van der Waals surface area (Å²) in [5, 5.41) is 10.3. The second-order valence-electron chi connectivity index (χ2n) is 6.11. The Bertz CT molecular complexity index is 943. The first-order valence-corrected chi connectivity index (χ1v) is 8.99. The normalized spacial score (nSPS) is 11.6. The van der Waals surface area contributed by atoms with E-state index in [1.807, 2.05) is 6.07 Å². The van der Waals surface area contributed by atoms with Crippen molar-refractivity contribution in [1.82, 2.24) is 30.4 Å². The second kappa shape index (κ2) is 9.09. The van der Waals surface area contributed by atoms with Crippen LogP contribution in [0.15, 0.2) is 55.2 Å². The van der Waals surface area contributed by atoms with Crippen LogP contribution in [0.5, 0.6) is 0 Å². The van der Waals surface area contributed by atoms with Crippen molar-refractivity contribution in [1.29, 1.82) is 0 Å². The fourth-order valence-electron chi connectivity index (χ4n) is 2.74. The molecular weight excluding hydrogens is 380 g/mol. The third-order valence-corrected chi connectivity index (χ3v) is 4.27. The summed E-state index contributed by atoms with van der Waals surface area (Å²) >= 11 is 5.92. The van der Waals surface area contributed by atoms with E-state index in [0.717, 1.165) is 11.1 Å². The molecule has 2 heterocycles. The van der Waals surface area contributed by atoms with Gasteiger partial charge in [-0.15, -0.1) is 0 Å². The number of carbonyl (C=O) groups excluding carboxylic acids is 2. The fraction of sp³-hybridized carbons (Fsp3) is 0.211. The van der Waals surface area contributed by atoms with Crippen LogP contribution in [-0.4, -0.2) is 31.6 Å². The highest BCUT2D eigenvalue weighted by atomic mass is 35.5. The highest BCUT2D eigenvalue weighted by molar-refractivity contribution is 6.30. The van der Waals surface area contributed by atoms with Gasteiger partial charge >= 0.3 is 0 Å². The van der Waals surface area contributed by atoms with E-state index in [9.17, 15) is 9.59 Å². The first-order valence-electron chi connectivity index (χ1n) is 8.61. The number of pyridine rings is 1. The van der Waals surface area contributed by atoms with E-state index >= 15 is 0 Å². The average Bonchev–Trinajstić information content (AvgIpc) is 3.21. The molecule has 2 aromatic heterocycles. The molecule has 0 saturated heterocycles. The van der Waals surface area contributed by atoms with Gasteiger partial charge in [0, 0.05) is 30.3 Å². The van der Waals surface area contributed by atoms with Gasteiger partial charge in [0.1, 0.15) is 12.7 Å². The summed E-state index contributed by atoms with van der Waals surface area (Å²) in [6, 6.07) is 10.2. The lowest BCUT2D eigenvalue weighted by atomic mass is 10.0. The molecule has 144 valence electrons. The van der Waals surface area contributed by atoms with Crippen molar-refractivity contribution in [2.75, 3.05) is 0 Å². The van der Waals surface area contributed by atoms with Gasteiger partial charge in [-0.05, 0) is 23.8 Å². The first-order chi connectivity index (χ1) is 13.5. The van der Waals surface area contributed by atoms with Crippen molar-refractivity contribution in [3.8, 4) is 5.82 Å². The molecule has 0 unspecified atom stereocenters. The Morgan fingerprint density at radius 2 is 2.00 bits per heavy atom. The molecule has 8 nitrogen and oxygen atoms in total. The number of hydrogen-bond acceptors (Lipinski definition) is 5. The predicted octanol–water partition coefficient (Wildman–Crippen LogP) is 2.20. The molecule has 0 aliphatic rings. The molecule has 0 radical (unpaired) electrons. The molecule has 28 heavy (non-hydrogen) atoms. The number of nitrogens with one attached hydrogen (secondary N) is 2. The summed E-state index contributed by atoms with van der Waals surface area (Å²) in [5.74, 6) is 0.173. The number of rotatable bonds is 7. The number of hydrogen-bond donors (Lipinski definition) is 2. The number of halogens is 1. The van der Waals surface area contributed by atoms with Crippen LogP contribution in [0.3, 0.4) is 0 Å².